The molecule has 0 saturated carbocycles. The predicted octanol–water partition coefficient (Wildman–Crippen LogP) is 1.54. The lowest BCUT2D eigenvalue weighted by Crippen LogP contribution is -2.45. The van der Waals surface area contributed by atoms with Crippen LogP contribution in [0.25, 0.3) is 0 Å². The predicted molar refractivity (Wildman–Crippen MR) is 78.7 cm³/mol. The number of thiophene rings is 1. The van der Waals surface area contributed by atoms with Gasteiger partial charge in [-0.3, -0.25) is 10.1 Å². The van der Waals surface area contributed by atoms with Crippen molar-refractivity contribution in [1.82, 2.24) is 4.90 Å². The van der Waals surface area contributed by atoms with Gasteiger partial charge in [0.25, 0.3) is 0 Å². The van der Waals surface area contributed by atoms with Crippen LogP contribution in [0.2, 0.25) is 0 Å². The summed E-state index contributed by atoms with van der Waals surface area (Å²) in [4.78, 5) is 37.0. The third-order valence-electron chi connectivity index (χ3n) is 3.66. The molecule has 8 heteroatoms. The number of aromatic carboxylic acids is 1. The van der Waals surface area contributed by atoms with E-state index in [2.05, 4.69) is 5.32 Å². The van der Waals surface area contributed by atoms with Gasteiger partial charge in [0.2, 0.25) is 5.91 Å². The second-order valence-electron chi connectivity index (χ2n) is 4.98. The minimum absolute atomic E-state index is 0.0978. The molecule has 7 nitrogen and oxygen atoms in total. The summed E-state index contributed by atoms with van der Waals surface area (Å²) in [5, 5.41) is 12.1. The molecule has 1 fully saturated rings. The fourth-order valence-corrected chi connectivity index (χ4v) is 3.49. The van der Waals surface area contributed by atoms with E-state index in [1.807, 2.05) is 0 Å². The van der Waals surface area contributed by atoms with Crippen LogP contribution in [0.15, 0.2) is 0 Å². The maximum absolute atomic E-state index is 12.2. The Morgan fingerprint density at radius 2 is 2.05 bits per heavy atom. The molecule has 1 aliphatic rings. The van der Waals surface area contributed by atoms with Crippen molar-refractivity contribution in [2.24, 2.45) is 5.73 Å². The van der Waals surface area contributed by atoms with Crippen molar-refractivity contribution in [3.63, 3.8) is 0 Å². The number of rotatable bonds is 3. The van der Waals surface area contributed by atoms with E-state index >= 15 is 0 Å². The van der Waals surface area contributed by atoms with E-state index < -0.39 is 23.9 Å². The minimum Gasteiger partial charge on any atom is -0.478 e. The number of nitrogens with two attached hydrogens (primary N) is 1. The van der Waals surface area contributed by atoms with Crippen LogP contribution in [-0.2, 0) is 4.79 Å². The van der Waals surface area contributed by atoms with Gasteiger partial charge in [-0.25, -0.2) is 9.59 Å². The molecule has 1 aromatic rings. The topological polar surface area (TPSA) is 113 Å². The molecule has 114 valence electrons. The Bertz CT molecular complexity index is 611. The number of carbonyl (C=O) groups excluding carboxylic acids is 2. The second kappa shape index (κ2) is 5.72. The molecule has 21 heavy (non-hydrogen) atoms. The first-order valence-corrected chi connectivity index (χ1v) is 7.34. The number of nitrogens with one attached hydrogen (secondary N) is 1. The number of hydrogen-bond donors (Lipinski definition) is 3. The van der Waals surface area contributed by atoms with E-state index in [0.29, 0.717) is 24.9 Å². The van der Waals surface area contributed by atoms with Gasteiger partial charge in [0, 0.05) is 11.4 Å². The van der Waals surface area contributed by atoms with Crippen LogP contribution in [0.5, 0.6) is 0 Å². The summed E-state index contributed by atoms with van der Waals surface area (Å²) >= 11 is 1.21. The molecule has 1 aromatic heterocycles. The Labute approximate surface area is 125 Å². The van der Waals surface area contributed by atoms with E-state index in [4.69, 9.17) is 5.73 Å². The van der Waals surface area contributed by atoms with Gasteiger partial charge in [0.05, 0.1) is 5.56 Å². The molecular weight excluding hydrogens is 294 g/mol. The summed E-state index contributed by atoms with van der Waals surface area (Å²) in [7, 11) is 0. The molecule has 1 unspecified atom stereocenters. The van der Waals surface area contributed by atoms with E-state index in [-0.39, 0.29) is 10.6 Å². The Morgan fingerprint density at radius 3 is 2.62 bits per heavy atom. The lowest BCUT2D eigenvalue weighted by Gasteiger charge is -2.22. The van der Waals surface area contributed by atoms with E-state index in [9.17, 15) is 19.5 Å². The Morgan fingerprint density at radius 1 is 1.38 bits per heavy atom. The fraction of sp³-hybridized carbons (Fsp3) is 0.462. The number of aryl methyl sites for hydroxylation is 1. The summed E-state index contributed by atoms with van der Waals surface area (Å²) < 4.78 is 0. The van der Waals surface area contributed by atoms with Crippen LogP contribution in [0, 0.1) is 13.8 Å². The lowest BCUT2D eigenvalue weighted by molar-refractivity contribution is -0.121. The first-order valence-electron chi connectivity index (χ1n) is 6.53. The largest absolute Gasteiger partial charge is 0.478 e. The van der Waals surface area contributed by atoms with Crippen LogP contribution < -0.4 is 11.1 Å². The van der Waals surface area contributed by atoms with E-state index in [1.165, 1.54) is 16.2 Å². The molecule has 0 aliphatic carbocycles. The SMILES string of the molecule is Cc1sc(NC(=O)N2CCCC2C(N)=O)c(C(=O)O)c1C. The second-order valence-corrected chi connectivity index (χ2v) is 6.20. The summed E-state index contributed by atoms with van der Waals surface area (Å²) in [6, 6.07) is -1.11. The Hall–Kier alpha value is -2.09. The van der Waals surface area contributed by atoms with Gasteiger partial charge in [-0.05, 0) is 32.3 Å². The third-order valence-corrected chi connectivity index (χ3v) is 4.78. The van der Waals surface area contributed by atoms with Crippen molar-refractivity contribution >= 4 is 34.2 Å². The third kappa shape index (κ3) is 2.85. The highest BCUT2D eigenvalue weighted by atomic mass is 32.1. The van der Waals surface area contributed by atoms with Crippen molar-refractivity contribution < 1.29 is 19.5 Å². The monoisotopic (exact) mass is 311 g/mol. The molecule has 2 heterocycles. The number of hydrogen-bond acceptors (Lipinski definition) is 4. The number of urea groups is 1. The Kier molecular flexibility index (Phi) is 4.17. The molecule has 1 aliphatic heterocycles. The van der Waals surface area contributed by atoms with Gasteiger partial charge < -0.3 is 15.7 Å². The Balaban J connectivity index is 2.22. The van der Waals surface area contributed by atoms with Crippen molar-refractivity contribution in [3.8, 4) is 0 Å². The van der Waals surface area contributed by atoms with Gasteiger partial charge in [-0.1, -0.05) is 0 Å². The first-order chi connectivity index (χ1) is 9.82. The molecule has 0 radical (unpaired) electrons. The number of anilines is 1. The maximum atomic E-state index is 12.2. The normalized spacial score (nSPS) is 17.8. The van der Waals surface area contributed by atoms with Crippen LogP contribution in [0.3, 0.4) is 0 Å². The van der Waals surface area contributed by atoms with Crippen LogP contribution in [0.1, 0.15) is 33.6 Å². The van der Waals surface area contributed by atoms with Gasteiger partial charge in [0.15, 0.2) is 0 Å². The number of nitrogens with zero attached hydrogens (tertiary/aromatic N) is 1. The molecule has 4 N–H and O–H groups in total. The van der Waals surface area contributed by atoms with E-state index in [1.54, 1.807) is 13.8 Å². The highest BCUT2D eigenvalue weighted by molar-refractivity contribution is 7.16. The number of carboxylic acids is 1. The molecule has 0 spiro atoms. The van der Waals surface area contributed by atoms with Crippen molar-refractivity contribution in [3.05, 3.63) is 16.0 Å². The fourth-order valence-electron chi connectivity index (χ4n) is 2.45. The van der Waals surface area contributed by atoms with E-state index in [0.717, 1.165) is 4.88 Å². The summed E-state index contributed by atoms with van der Waals surface area (Å²) in [5.74, 6) is -1.63. The quantitative estimate of drug-likeness (QED) is 0.786. The van der Waals surface area contributed by atoms with Crippen LogP contribution in [0.4, 0.5) is 9.80 Å². The molecular formula is C13H17N3O4S. The van der Waals surface area contributed by atoms with Crippen molar-refractivity contribution in [2.75, 3.05) is 11.9 Å². The first kappa shape index (κ1) is 15.3. The molecule has 3 amide bonds. The van der Waals surface area contributed by atoms with Crippen LogP contribution >= 0.6 is 11.3 Å². The number of amides is 3. The average molecular weight is 311 g/mol. The molecule has 1 saturated heterocycles. The number of carboxylic acid groups (broad SMARTS) is 1. The zero-order valence-corrected chi connectivity index (χ0v) is 12.6. The molecule has 0 bridgehead atoms. The molecule has 1 atom stereocenters. The van der Waals surface area contributed by atoms with Gasteiger partial charge in [0.1, 0.15) is 11.0 Å². The lowest BCUT2D eigenvalue weighted by atomic mass is 10.1. The number of likely N-dealkylation sites (tertiary alicyclic amines) is 1. The number of carbonyl (C=O) groups is 3. The highest BCUT2D eigenvalue weighted by Crippen LogP contribution is 2.33. The molecule has 0 aromatic carbocycles. The van der Waals surface area contributed by atoms with Gasteiger partial charge in [-0.2, -0.15) is 0 Å². The standard InChI is InChI=1S/C13H17N3O4S/c1-6-7(2)21-11(9(6)12(18)19)15-13(20)16-5-3-4-8(16)10(14)17/h8H,3-5H2,1-2H3,(H2,14,17)(H,15,20)(H,18,19). The smallest absolute Gasteiger partial charge is 0.338 e. The summed E-state index contributed by atoms with van der Waals surface area (Å²) in [6.07, 6.45) is 1.24. The van der Waals surface area contributed by atoms with Crippen LogP contribution in [-0.4, -0.2) is 40.5 Å². The zero-order chi connectivity index (χ0) is 15.7. The summed E-state index contributed by atoms with van der Waals surface area (Å²) in [6.45, 7) is 3.93. The molecule has 2 rings (SSSR count). The highest BCUT2D eigenvalue weighted by Gasteiger charge is 2.33. The van der Waals surface area contributed by atoms with Crippen molar-refractivity contribution in [2.45, 2.75) is 32.7 Å². The number of primary amides is 1. The zero-order valence-electron chi connectivity index (χ0n) is 11.8. The van der Waals surface area contributed by atoms with Gasteiger partial charge >= 0.3 is 12.0 Å². The van der Waals surface area contributed by atoms with Crippen molar-refractivity contribution in [1.29, 1.82) is 0 Å². The summed E-state index contributed by atoms with van der Waals surface area (Å²) in [5.41, 5.74) is 6.01. The average Bonchev–Trinajstić information content (AvgIpc) is 2.95. The van der Waals surface area contributed by atoms with Gasteiger partial charge in [-0.15, -0.1) is 11.3 Å². The maximum Gasteiger partial charge on any atom is 0.338 e. The minimum atomic E-state index is -1.08.